The second kappa shape index (κ2) is 4.56. The van der Waals surface area contributed by atoms with Crippen molar-refractivity contribution in [1.29, 1.82) is 0 Å². The zero-order chi connectivity index (χ0) is 8.27. The molecule has 4 nitrogen and oxygen atoms in total. The van der Waals surface area contributed by atoms with Crippen LogP contribution in [0.15, 0.2) is 18.6 Å². The Morgan fingerprint density at radius 3 is 2.83 bits per heavy atom. The second-order valence-corrected chi connectivity index (χ2v) is 2.14. The first-order valence-electron chi connectivity index (χ1n) is 3.07. The van der Waals surface area contributed by atoms with Crippen molar-refractivity contribution in [2.45, 2.75) is 0 Å². The van der Waals surface area contributed by atoms with Crippen LogP contribution in [0.5, 0.6) is 0 Å². The third kappa shape index (κ3) is 3.21. The van der Waals surface area contributed by atoms with Crippen LogP contribution in [0.4, 0.5) is 0 Å². The fourth-order valence-electron chi connectivity index (χ4n) is 0.676. The van der Waals surface area contributed by atoms with E-state index in [0.29, 0.717) is 5.69 Å². The number of aromatic nitrogens is 2. The number of carbonyl (C=O) groups is 1. The molecule has 1 N–H and O–H groups in total. The maximum atomic E-state index is 10.1. The molecule has 0 fully saturated rings. The predicted octanol–water partition coefficient (Wildman–Crippen LogP) is 0.940. The molecule has 0 aliphatic carbocycles. The van der Waals surface area contributed by atoms with Gasteiger partial charge in [0.05, 0.1) is 12.0 Å². The number of nitrogens with zero attached hydrogens (tertiary/aromatic N) is 2. The summed E-state index contributed by atoms with van der Waals surface area (Å²) in [6.07, 6.45) is 5.85. The Morgan fingerprint density at radius 2 is 2.42 bits per heavy atom. The predicted molar refractivity (Wildman–Crippen MR) is 47.1 cm³/mol. The van der Waals surface area contributed by atoms with Crippen LogP contribution in [0.25, 0.3) is 6.08 Å². The molecule has 0 amide bonds. The van der Waals surface area contributed by atoms with Gasteiger partial charge in [0, 0.05) is 19.3 Å². The minimum absolute atomic E-state index is 0. The van der Waals surface area contributed by atoms with E-state index in [9.17, 15) is 4.79 Å². The summed E-state index contributed by atoms with van der Waals surface area (Å²) in [4.78, 5) is 14.0. The van der Waals surface area contributed by atoms with Gasteiger partial charge in [-0.1, -0.05) is 0 Å². The van der Waals surface area contributed by atoms with Crippen LogP contribution in [0.3, 0.4) is 0 Å². The van der Waals surface area contributed by atoms with Gasteiger partial charge >= 0.3 is 5.97 Å². The van der Waals surface area contributed by atoms with Gasteiger partial charge < -0.3 is 9.67 Å². The molecular formula is C7H9ClN2O2. The summed E-state index contributed by atoms with van der Waals surface area (Å²) in [6, 6.07) is 0. The smallest absolute Gasteiger partial charge is 0.328 e. The van der Waals surface area contributed by atoms with E-state index >= 15 is 0 Å². The molecule has 0 saturated heterocycles. The summed E-state index contributed by atoms with van der Waals surface area (Å²) in [5.74, 6) is -0.962. The Hall–Kier alpha value is -1.29. The number of halogens is 1. The number of hydrogen-bond acceptors (Lipinski definition) is 2. The van der Waals surface area contributed by atoms with Crippen LogP contribution >= 0.6 is 12.4 Å². The summed E-state index contributed by atoms with van der Waals surface area (Å²) in [6.45, 7) is 0. The first kappa shape index (κ1) is 10.7. The summed E-state index contributed by atoms with van der Waals surface area (Å²) in [5.41, 5.74) is 0.648. The molecule has 0 radical (unpaired) electrons. The largest absolute Gasteiger partial charge is 0.478 e. The number of carboxylic acids is 1. The molecule has 0 aromatic carbocycles. The minimum Gasteiger partial charge on any atom is -0.478 e. The van der Waals surface area contributed by atoms with Crippen molar-refractivity contribution in [3.63, 3.8) is 0 Å². The fraction of sp³-hybridized carbons (Fsp3) is 0.143. The minimum atomic E-state index is -0.962. The van der Waals surface area contributed by atoms with Crippen molar-refractivity contribution in [3.05, 3.63) is 24.3 Å². The first-order chi connectivity index (χ1) is 5.18. The standard InChI is InChI=1S/C7H8N2O2.ClH/c1-9-4-6(8-5-9)2-3-7(10)11;/h2-5H,1H3,(H,10,11);1H/b3-2+;. The second-order valence-electron chi connectivity index (χ2n) is 2.14. The lowest BCUT2D eigenvalue weighted by Crippen LogP contribution is -1.85. The number of rotatable bonds is 2. The molecule has 5 heteroatoms. The molecule has 0 aliphatic rings. The zero-order valence-corrected chi connectivity index (χ0v) is 7.28. The molecular weight excluding hydrogens is 180 g/mol. The average Bonchev–Trinajstić information content (AvgIpc) is 2.31. The molecule has 0 aliphatic heterocycles. The van der Waals surface area contributed by atoms with Gasteiger partial charge in [-0.05, 0) is 6.08 Å². The molecule has 0 atom stereocenters. The van der Waals surface area contributed by atoms with Crippen LogP contribution in [-0.2, 0) is 11.8 Å². The molecule has 1 aromatic rings. The van der Waals surface area contributed by atoms with Crippen molar-refractivity contribution in [3.8, 4) is 0 Å². The van der Waals surface area contributed by atoms with E-state index in [1.807, 2.05) is 7.05 Å². The number of carboxylic acid groups (broad SMARTS) is 1. The molecule has 1 rings (SSSR count). The number of aliphatic carboxylic acids is 1. The molecule has 0 unspecified atom stereocenters. The van der Waals surface area contributed by atoms with Crippen LogP contribution < -0.4 is 0 Å². The van der Waals surface area contributed by atoms with Gasteiger partial charge in [-0.15, -0.1) is 12.4 Å². The van der Waals surface area contributed by atoms with Crippen LogP contribution in [0, 0.1) is 0 Å². The summed E-state index contributed by atoms with van der Waals surface area (Å²) >= 11 is 0. The topological polar surface area (TPSA) is 55.1 Å². The number of hydrogen-bond donors (Lipinski definition) is 1. The zero-order valence-electron chi connectivity index (χ0n) is 6.47. The van der Waals surface area contributed by atoms with E-state index in [1.54, 1.807) is 17.1 Å². The Balaban J connectivity index is 0.00000121. The SMILES string of the molecule is Cl.Cn1cnc(/C=C/C(=O)O)c1. The lowest BCUT2D eigenvalue weighted by atomic mass is 10.4. The monoisotopic (exact) mass is 188 g/mol. The van der Waals surface area contributed by atoms with Crippen molar-refractivity contribution in [2.24, 2.45) is 7.05 Å². The summed E-state index contributed by atoms with van der Waals surface area (Å²) in [7, 11) is 1.82. The maximum Gasteiger partial charge on any atom is 0.328 e. The van der Waals surface area contributed by atoms with Crippen molar-refractivity contribution < 1.29 is 9.90 Å². The van der Waals surface area contributed by atoms with Gasteiger partial charge in [-0.2, -0.15) is 0 Å². The molecule has 66 valence electrons. The van der Waals surface area contributed by atoms with E-state index in [-0.39, 0.29) is 12.4 Å². The molecule has 1 aromatic heterocycles. The van der Waals surface area contributed by atoms with E-state index in [0.717, 1.165) is 6.08 Å². The van der Waals surface area contributed by atoms with Gasteiger partial charge in [-0.25, -0.2) is 9.78 Å². The molecule has 1 heterocycles. The summed E-state index contributed by atoms with van der Waals surface area (Å²) < 4.78 is 1.75. The Bertz CT molecular complexity index is 293. The van der Waals surface area contributed by atoms with Crippen molar-refractivity contribution in [2.75, 3.05) is 0 Å². The van der Waals surface area contributed by atoms with Crippen molar-refractivity contribution in [1.82, 2.24) is 9.55 Å². The molecule has 0 bridgehead atoms. The Kier molecular flexibility index (Phi) is 4.07. The third-order valence-electron chi connectivity index (χ3n) is 1.12. The third-order valence-corrected chi connectivity index (χ3v) is 1.12. The van der Waals surface area contributed by atoms with E-state index in [2.05, 4.69) is 4.98 Å². The van der Waals surface area contributed by atoms with E-state index in [1.165, 1.54) is 6.08 Å². The molecule has 0 spiro atoms. The normalized spacial score (nSPS) is 9.75. The van der Waals surface area contributed by atoms with Gasteiger partial charge in [-0.3, -0.25) is 0 Å². The molecule has 12 heavy (non-hydrogen) atoms. The van der Waals surface area contributed by atoms with Gasteiger partial charge in [0.2, 0.25) is 0 Å². The number of imidazole rings is 1. The van der Waals surface area contributed by atoms with Gasteiger partial charge in [0.25, 0.3) is 0 Å². The highest BCUT2D eigenvalue weighted by Crippen LogP contribution is 1.95. The maximum absolute atomic E-state index is 10.1. The Labute approximate surface area is 75.9 Å². The van der Waals surface area contributed by atoms with Crippen LogP contribution in [0.2, 0.25) is 0 Å². The van der Waals surface area contributed by atoms with Gasteiger partial charge in [0.1, 0.15) is 0 Å². The highest BCUT2D eigenvalue weighted by Gasteiger charge is 1.91. The Morgan fingerprint density at radius 1 is 1.75 bits per heavy atom. The highest BCUT2D eigenvalue weighted by atomic mass is 35.5. The lowest BCUT2D eigenvalue weighted by Gasteiger charge is -1.81. The van der Waals surface area contributed by atoms with Crippen LogP contribution in [0.1, 0.15) is 5.69 Å². The first-order valence-corrected chi connectivity index (χ1v) is 3.07. The lowest BCUT2D eigenvalue weighted by molar-refractivity contribution is -0.131. The highest BCUT2D eigenvalue weighted by molar-refractivity contribution is 5.85. The average molecular weight is 189 g/mol. The number of aryl methyl sites for hydroxylation is 1. The van der Waals surface area contributed by atoms with Crippen LogP contribution in [-0.4, -0.2) is 20.6 Å². The summed E-state index contributed by atoms with van der Waals surface area (Å²) in [5, 5.41) is 8.26. The molecule has 0 saturated carbocycles. The quantitative estimate of drug-likeness (QED) is 0.703. The van der Waals surface area contributed by atoms with E-state index < -0.39 is 5.97 Å². The van der Waals surface area contributed by atoms with Crippen molar-refractivity contribution >= 4 is 24.5 Å². The van der Waals surface area contributed by atoms with Gasteiger partial charge in [0.15, 0.2) is 0 Å². The van der Waals surface area contributed by atoms with E-state index in [4.69, 9.17) is 5.11 Å². The fourth-order valence-corrected chi connectivity index (χ4v) is 0.676.